The SMILES string of the molecule is C=CCOC(=O)I. The molecule has 0 aliphatic rings. The van der Waals surface area contributed by atoms with Crippen LogP contribution >= 0.6 is 22.6 Å². The van der Waals surface area contributed by atoms with Crippen LogP contribution in [-0.2, 0) is 4.74 Å². The Morgan fingerprint density at radius 1 is 2.00 bits per heavy atom. The Bertz CT molecular complexity index is 79.8. The van der Waals surface area contributed by atoms with Gasteiger partial charge in [-0.2, -0.15) is 0 Å². The Hall–Kier alpha value is -0.0600. The number of ether oxygens (including phenoxy) is 1. The topological polar surface area (TPSA) is 26.3 Å². The van der Waals surface area contributed by atoms with E-state index in [2.05, 4.69) is 11.3 Å². The smallest absolute Gasteiger partial charge is 0.367 e. The maximum Gasteiger partial charge on any atom is 0.367 e. The fourth-order valence-corrected chi connectivity index (χ4v) is 0.304. The Balaban J connectivity index is 2.97. The van der Waals surface area contributed by atoms with Gasteiger partial charge in [0.05, 0.1) is 22.6 Å². The van der Waals surface area contributed by atoms with Crippen LogP contribution in [0.25, 0.3) is 0 Å². The van der Waals surface area contributed by atoms with Gasteiger partial charge in [0, 0.05) is 0 Å². The maximum atomic E-state index is 9.92. The van der Waals surface area contributed by atoms with Crippen molar-refractivity contribution in [2.75, 3.05) is 6.61 Å². The number of hydrogen-bond donors (Lipinski definition) is 0. The van der Waals surface area contributed by atoms with Gasteiger partial charge in [-0.1, -0.05) is 12.7 Å². The van der Waals surface area contributed by atoms with Crippen molar-refractivity contribution in [3.8, 4) is 0 Å². The zero-order valence-electron chi connectivity index (χ0n) is 3.69. The van der Waals surface area contributed by atoms with E-state index in [1.54, 1.807) is 22.6 Å². The number of halogens is 1. The van der Waals surface area contributed by atoms with E-state index in [9.17, 15) is 4.79 Å². The molecule has 3 heteroatoms. The monoisotopic (exact) mass is 212 g/mol. The van der Waals surface area contributed by atoms with Crippen LogP contribution in [-0.4, -0.2) is 10.6 Å². The number of carbonyl (C=O) groups excluding carboxylic acids is 1. The molecule has 0 aromatic heterocycles. The lowest BCUT2D eigenvalue weighted by Gasteiger charge is -1.89. The third kappa shape index (κ3) is 5.94. The van der Waals surface area contributed by atoms with Crippen LogP contribution < -0.4 is 0 Å². The van der Waals surface area contributed by atoms with Crippen molar-refractivity contribution in [2.45, 2.75) is 0 Å². The van der Waals surface area contributed by atoms with Crippen molar-refractivity contribution < 1.29 is 9.53 Å². The first kappa shape index (κ1) is 6.94. The van der Waals surface area contributed by atoms with Crippen molar-refractivity contribution in [3.05, 3.63) is 12.7 Å². The molecule has 0 amide bonds. The normalized spacial score (nSPS) is 7.57. The fraction of sp³-hybridized carbons (Fsp3) is 0.250. The molecule has 0 bridgehead atoms. The zero-order valence-corrected chi connectivity index (χ0v) is 5.84. The predicted molar refractivity (Wildman–Crippen MR) is 35.6 cm³/mol. The van der Waals surface area contributed by atoms with Crippen LogP contribution in [0.15, 0.2) is 12.7 Å². The van der Waals surface area contributed by atoms with Crippen molar-refractivity contribution in [3.63, 3.8) is 0 Å². The molecule has 0 aliphatic heterocycles. The van der Waals surface area contributed by atoms with Gasteiger partial charge >= 0.3 is 3.98 Å². The molecule has 0 heterocycles. The molecule has 0 aliphatic carbocycles. The predicted octanol–water partition coefficient (Wildman–Crippen LogP) is 1.74. The molecular formula is C4H5IO2. The summed E-state index contributed by atoms with van der Waals surface area (Å²) in [4.78, 5) is 9.92. The van der Waals surface area contributed by atoms with E-state index in [0.29, 0.717) is 6.61 Å². The number of carbonyl (C=O) groups is 1. The molecule has 0 spiro atoms. The van der Waals surface area contributed by atoms with E-state index < -0.39 is 0 Å². The molecule has 0 N–H and O–H groups in total. The highest BCUT2D eigenvalue weighted by molar-refractivity contribution is 14.1. The molecular weight excluding hydrogens is 207 g/mol. The third-order valence-corrected chi connectivity index (χ3v) is 0.626. The second-order valence-electron chi connectivity index (χ2n) is 0.837. The highest BCUT2D eigenvalue weighted by atomic mass is 127. The van der Waals surface area contributed by atoms with Gasteiger partial charge in [-0.05, 0) is 0 Å². The fourth-order valence-electron chi connectivity index (χ4n) is 0.124. The minimum absolute atomic E-state index is 0.294. The highest BCUT2D eigenvalue weighted by Gasteiger charge is 1.86. The van der Waals surface area contributed by atoms with E-state index in [1.165, 1.54) is 6.08 Å². The van der Waals surface area contributed by atoms with Crippen LogP contribution in [0.5, 0.6) is 0 Å². The summed E-state index contributed by atoms with van der Waals surface area (Å²) in [5.74, 6) is 0. The van der Waals surface area contributed by atoms with Gasteiger partial charge in [-0.3, -0.25) is 0 Å². The summed E-state index contributed by atoms with van der Waals surface area (Å²) in [6.45, 7) is 3.66. The lowest BCUT2D eigenvalue weighted by Crippen LogP contribution is -1.90. The van der Waals surface area contributed by atoms with Crippen molar-refractivity contribution in [2.24, 2.45) is 0 Å². The minimum Gasteiger partial charge on any atom is -0.454 e. The molecule has 0 aromatic rings. The molecule has 7 heavy (non-hydrogen) atoms. The molecule has 0 saturated carbocycles. The molecule has 0 rings (SSSR count). The average molecular weight is 212 g/mol. The Morgan fingerprint density at radius 2 is 2.57 bits per heavy atom. The molecule has 40 valence electrons. The van der Waals surface area contributed by atoms with Crippen molar-refractivity contribution in [1.29, 1.82) is 0 Å². The van der Waals surface area contributed by atoms with Gasteiger partial charge in [0.25, 0.3) is 0 Å². The molecule has 0 saturated heterocycles. The lowest BCUT2D eigenvalue weighted by atomic mass is 10.7. The summed E-state index contributed by atoms with van der Waals surface area (Å²) in [6.07, 6.45) is 1.52. The number of rotatable bonds is 2. The summed E-state index contributed by atoms with van der Waals surface area (Å²) in [5.41, 5.74) is 0. The summed E-state index contributed by atoms with van der Waals surface area (Å²) >= 11 is 1.56. The molecule has 2 nitrogen and oxygen atoms in total. The van der Waals surface area contributed by atoms with Crippen LogP contribution in [0.4, 0.5) is 4.79 Å². The first-order valence-corrected chi connectivity index (χ1v) is 2.78. The van der Waals surface area contributed by atoms with E-state index in [4.69, 9.17) is 0 Å². The van der Waals surface area contributed by atoms with E-state index in [0.717, 1.165) is 0 Å². The lowest BCUT2D eigenvalue weighted by molar-refractivity contribution is 0.191. The second kappa shape index (κ2) is 4.11. The van der Waals surface area contributed by atoms with Crippen molar-refractivity contribution >= 4 is 26.6 Å². The maximum absolute atomic E-state index is 9.92. The third-order valence-electron chi connectivity index (χ3n) is 0.315. The summed E-state index contributed by atoms with van der Waals surface area (Å²) in [7, 11) is 0. The zero-order chi connectivity index (χ0) is 5.70. The van der Waals surface area contributed by atoms with E-state index in [-0.39, 0.29) is 3.98 Å². The van der Waals surface area contributed by atoms with Gasteiger partial charge in [0.2, 0.25) is 0 Å². The molecule has 0 unspecified atom stereocenters. The van der Waals surface area contributed by atoms with Gasteiger partial charge in [-0.15, -0.1) is 0 Å². The van der Waals surface area contributed by atoms with Crippen LogP contribution in [0.2, 0.25) is 0 Å². The van der Waals surface area contributed by atoms with Crippen LogP contribution in [0.1, 0.15) is 0 Å². The summed E-state index contributed by atoms with van der Waals surface area (Å²) < 4.78 is 4.13. The summed E-state index contributed by atoms with van der Waals surface area (Å²) in [6, 6.07) is 0. The van der Waals surface area contributed by atoms with Crippen molar-refractivity contribution in [1.82, 2.24) is 0 Å². The Morgan fingerprint density at radius 3 is 2.71 bits per heavy atom. The Labute approximate surface area is 55.7 Å². The molecule has 0 atom stereocenters. The quantitative estimate of drug-likeness (QED) is 0.396. The highest BCUT2D eigenvalue weighted by Crippen LogP contribution is 1.89. The minimum atomic E-state index is -0.294. The molecule has 0 aromatic carbocycles. The first-order chi connectivity index (χ1) is 3.27. The number of hydrogen-bond acceptors (Lipinski definition) is 2. The van der Waals surface area contributed by atoms with E-state index in [1.807, 2.05) is 0 Å². The second-order valence-corrected chi connectivity index (χ2v) is 1.72. The van der Waals surface area contributed by atoms with E-state index >= 15 is 0 Å². The van der Waals surface area contributed by atoms with Crippen LogP contribution in [0, 0.1) is 0 Å². The van der Waals surface area contributed by atoms with Gasteiger partial charge in [-0.25, -0.2) is 4.79 Å². The first-order valence-electron chi connectivity index (χ1n) is 1.70. The largest absolute Gasteiger partial charge is 0.454 e. The standard InChI is InChI=1S/C4H5IO2/c1-2-3-7-4(5)6/h2H,1,3H2. The van der Waals surface area contributed by atoms with Gasteiger partial charge < -0.3 is 4.74 Å². The van der Waals surface area contributed by atoms with Gasteiger partial charge in [0.15, 0.2) is 0 Å². The van der Waals surface area contributed by atoms with Crippen LogP contribution in [0.3, 0.4) is 0 Å². The Kier molecular flexibility index (Phi) is 4.07. The summed E-state index contributed by atoms with van der Waals surface area (Å²) in [5, 5.41) is 0. The molecule has 0 fully saturated rings. The molecule has 0 radical (unpaired) electrons. The average Bonchev–Trinajstić information content (AvgIpc) is 1.61. The van der Waals surface area contributed by atoms with Gasteiger partial charge in [0.1, 0.15) is 6.61 Å².